The van der Waals surface area contributed by atoms with Crippen molar-refractivity contribution < 1.29 is 9.59 Å². The molecule has 0 aromatic carbocycles. The number of rotatable bonds is 5. The third-order valence-corrected chi connectivity index (χ3v) is 7.92. The number of nitrogens with one attached hydrogen (secondary N) is 1. The van der Waals surface area contributed by atoms with E-state index in [2.05, 4.69) is 44.6 Å². The molecule has 144 valence electrons. The summed E-state index contributed by atoms with van der Waals surface area (Å²) in [6.07, 6.45) is 9.15. The lowest BCUT2D eigenvalue weighted by molar-refractivity contribution is -0.111. The Bertz CT molecular complexity index is 622. The van der Waals surface area contributed by atoms with Crippen LogP contribution in [0.2, 0.25) is 0 Å². The van der Waals surface area contributed by atoms with Gasteiger partial charge in [-0.2, -0.15) is 4.99 Å². The Labute approximate surface area is 157 Å². The van der Waals surface area contributed by atoms with Crippen molar-refractivity contribution in [3.05, 3.63) is 12.2 Å². The van der Waals surface area contributed by atoms with E-state index in [1.54, 1.807) is 0 Å². The lowest BCUT2D eigenvalue weighted by atomic mass is 9.45. The second kappa shape index (κ2) is 6.96. The summed E-state index contributed by atoms with van der Waals surface area (Å²) in [7, 11) is 0. The Morgan fingerprint density at radius 3 is 2.77 bits per heavy atom. The summed E-state index contributed by atoms with van der Waals surface area (Å²) in [6, 6.07) is 0. The fourth-order valence-electron chi connectivity index (χ4n) is 6.82. The fraction of sp³-hybridized carbons (Fsp3) is 0.818. The quantitative estimate of drug-likeness (QED) is 0.345. The van der Waals surface area contributed by atoms with E-state index in [1.807, 2.05) is 6.08 Å². The summed E-state index contributed by atoms with van der Waals surface area (Å²) >= 11 is 0. The van der Waals surface area contributed by atoms with Gasteiger partial charge in [-0.1, -0.05) is 26.0 Å². The Morgan fingerprint density at radius 1 is 1.38 bits per heavy atom. The van der Waals surface area contributed by atoms with Crippen molar-refractivity contribution in [1.29, 1.82) is 0 Å². The van der Waals surface area contributed by atoms with Gasteiger partial charge in [-0.25, -0.2) is 4.79 Å². The van der Waals surface area contributed by atoms with Crippen LogP contribution in [-0.4, -0.2) is 23.6 Å². The van der Waals surface area contributed by atoms with Gasteiger partial charge in [-0.05, 0) is 87.9 Å². The van der Waals surface area contributed by atoms with Gasteiger partial charge < -0.3 is 5.32 Å². The van der Waals surface area contributed by atoms with Gasteiger partial charge in [0, 0.05) is 5.54 Å². The molecule has 4 nitrogen and oxygen atoms in total. The van der Waals surface area contributed by atoms with Crippen LogP contribution in [0.5, 0.6) is 0 Å². The highest BCUT2D eigenvalue weighted by atomic mass is 16.1. The molecule has 0 radical (unpaired) electrons. The van der Waals surface area contributed by atoms with Crippen LogP contribution >= 0.6 is 0 Å². The molecule has 0 saturated heterocycles. The molecular weight excluding hydrogens is 324 g/mol. The van der Waals surface area contributed by atoms with E-state index in [1.165, 1.54) is 18.4 Å². The van der Waals surface area contributed by atoms with Crippen LogP contribution in [-0.2, 0) is 9.59 Å². The molecule has 3 aliphatic rings. The summed E-state index contributed by atoms with van der Waals surface area (Å²) in [4.78, 5) is 26.9. The monoisotopic (exact) mass is 358 g/mol. The maximum absolute atomic E-state index is 11.4. The van der Waals surface area contributed by atoms with Crippen LogP contribution in [0.15, 0.2) is 17.1 Å². The molecule has 0 aromatic rings. The molecule has 3 rings (SSSR count). The molecule has 1 N–H and O–H groups in total. The third kappa shape index (κ3) is 3.07. The summed E-state index contributed by atoms with van der Waals surface area (Å²) in [6.45, 7) is 13.3. The number of hydrogen-bond acceptors (Lipinski definition) is 3. The minimum absolute atomic E-state index is 0.229. The van der Waals surface area contributed by atoms with Crippen molar-refractivity contribution in [2.75, 3.05) is 0 Å². The molecule has 0 aliphatic heterocycles. The number of nitrogens with zero attached hydrogens (tertiary/aromatic N) is 1. The lowest BCUT2D eigenvalue weighted by Crippen LogP contribution is -2.60. The summed E-state index contributed by atoms with van der Waals surface area (Å²) in [5, 5.41) is 2.99. The SMILES string of the molecule is C=C1CCC2(N=C=O)[C@H]3[C@H](CC[C@@H]2C)[C@@H](C)C[C@@H](CC(C)(C)NC=O)[C@H]13. The van der Waals surface area contributed by atoms with Crippen molar-refractivity contribution in [2.45, 2.75) is 77.3 Å². The van der Waals surface area contributed by atoms with Crippen molar-refractivity contribution >= 4 is 12.5 Å². The van der Waals surface area contributed by atoms with E-state index in [9.17, 15) is 9.59 Å². The molecule has 1 unspecified atom stereocenters. The van der Waals surface area contributed by atoms with Crippen LogP contribution in [0, 0.1) is 35.5 Å². The average molecular weight is 359 g/mol. The molecular formula is C22H34N2O2. The third-order valence-electron chi connectivity index (χ3n) is 7.92. The minimum atomic E-state index is -0.258. The Hall–Kier alpha value is -1.41. The molecule has 3 saturated carbocycles. The van der Waals surface area contributed by atoms with Crippen molar-refractivity contribution in [3.63, 3.8) is 0 Å². The van der Waals surface area contributed by atoms with E-state index in [0.717, 1.165) is 32.1 Å². The van der Waals surface area contributed by atoms with E-state index in [0.29, 0.717) is 35.5 Å². The van der Waals surface area contributed by atoms with Crippen LogP contribution in [0.3, 0.4) is 0 Å². The number of isocyanates is 1. The van der Waals surface area contributed by atoms with Crippen LogP contribution in [0.1, 0.15) is 66.2 Å². The van der Waals surface area contributed by atoms with E-state index >= 15 is 0 Å². The first-order valence-corrected chi connectivity index (χ1v) is 10.2. The van der Waals surface area contributed by atoms with Gasteiger partial charge in [0.2, 0.25) is 12.5 Å². The molecule has 0 bridgehead atoms. The molecule has 3 aliphatic carbocycles. The van der Waals surface area contributed by atoms with Gasteiger partial charge in [-0.15, -0.1) is 0 Å². The first-order chi connectivity index (χ1) is 12.3. The first kappa shape index (κ1) is 19.4. The van der Waals surface area contributed by atoms with Crippen LogP contribution < -0.4 is 5.32 Å². The largest absolute Gasteiger partial charge is 0.354 e. The lowest BCUT2D eigenvalue weighted by Gasteiger charge is -2.61. The van der Waals surface area contributed by atoms with Gasteiger partial charge in [-0.3, -0.25) is 4.79 Å². The maximum Gasteiger partial charge on any atom is 0.235 e. The molecule has 1 amide bonds. The maximum atomic E-state index is 11.4. The second-order valence-corrected chi connectivity index (χ2v) is 9.87. The van der Waals surface area contributed by atoms with Gasteiger partial charge in [0.25, 0.3) is 0 Å². The zero-order valence-electron chi connectivity index (χ0n) is 16.8. The Kier molecular flexibility index (Phi) is 5.18. The average Bonchev–Trinajstić information content (AvgIpc) is 2.55. The highest BCUT2D eigenvalue weighted by Crippen LogP contribution is 2.62. The van der Waals surface area contributed by atoms with Crippen molar-refractivity contribution in [2.24, 2.45) is 40.5 Å². The number of amides is 1. The minimum Gasteiger partial charge on any atom is -0.354 e. The fourth-order valence-corrected chi connectivity index (χ4v) is 6.82. The van der Waals surface area contributed by atoms with Gasteiger partial charge in [0.15, 0.2) is 0 Å². The summed E-state index contributed by atoms with van der Waals surface area (Å²) in [5.74, 6) is 2.93. The standard InChI is InChI=1S/C22H34N2O2/c1-14-8-9-22(24-13-26)16(3)6-7-18-15(2)10-17(19(14)20(18)22)11-21(4,5)23-12-25/h12,15-20H,1,6-11H2,2-5H3,(H,23,25)/t15-,16-,17-,18+,19-,20-,22?/m0/s1. The number of carbonyl (C=O) groups excluding carboxylic acids is 2. The van der Waals surface area contributed by atoms with E-state index < -0.39 is 0 Å². The first-order valence-electron chi connectivity index (χ1n) is 10.2. The molecule has 3 fully saturated rings. The smallest absolute Gasteiger partial charge is 0.235 e. The molecule has 0 spiro atoms. The van der Waals surface area contributed by atoms with Gasteiger partial charge in [0.05, 0.1) is 5.54 Å². The topological polar surface area (TPSA) is 58.5 Å². The second-order valence-electron chi connectivity index (χ2n) is 9.87. The summed E-state index contributed by atoms with van der Waals surface area (Å²) in [5.41, 5.74) is 0.851. The Morgan fingerprint density at radius 2 is 2.12 bits per heavy atom. The summed E-state index contributed by atoms with van der Waals surface area (Å²) < 4.78 is 0. The van der Waals surface area contributed by atoms with E-state index in [4.69, 9.17) is 0 Å². The number of allylic oxidation sites excluding steroid dienone is 1. The predicted octanol–water partition coefficient (Wildman–Crippen LogP) is 4.26. The zero-order chi connectivity index (χ0) is 19.1. The van der Waals surface area contributed by atoms with Crippen molar-refractivity contribution in [1.82, 2.24) is 5.32 Å². The van der Waals surface area contributed by atoms with Crippen molar-refractivity contribution in [3.8, 4) is 0 Å². The molecule has 0 aromatic heterocycles. The Balaban J connectivity index is 2.01. The van der Waals surface area contributed by atoms with Crippen LogP contribution in [0.25, 0.3) is 0 Å². The zero-order valence-corrected chi connectivity index (χ0v) is 16.8. The number of carbonyl (C=O) groups is 1. The van der Waals surface area contributed by atoms with Gasteiger partial charge in [0.1, 0.15) is 0 Å². The van der Waals surface area contributed by atoms with Gasteiger partial charge >= 0.3 is 0 Å². The highest BCUT2D eigenvalue weighted by Gasteiger charge is 2.60. The number of aliphatic imine (C=N–C) groups is 1. The number of hydrogen-bond donors (Lipinski definition) is 1. The molecule has 0 heterocycles. The highest BCUT2D eigenvalue weighted by molar-refractivity contribution is 5.47. The molecule has 26 heavy (non-hydrogen) atoms. The predicted molar refractivity (Wildman–Crippen MR) is 103 cm³/mol. The molecule has 4 heteroatoms. The van der Waals surface area contributed by atoms with E-state index in [-0.39, 0.29) is 11.1 Å². The molecule has 7 atom stereocenters. The normalized spacial score (nSPS) is 42.4. The van der Waals surface area contributed by atoms with Crippen LogP contribution in [0.4, 0.5) is 0 Å².